The normalized spacial score (nSPS) is 13.1. The van der Waals surface area contributed by atoms with E-state index in [4.69, 9.17) is 4.74 Å². The van der Waals surface area contributed by atoms with Gasteiger partial charge >= 0.3 is 0 Å². The van der Waals surface area contributed by atoms with E-state index in [1.165, 1.54) is 0 Å². The zero-order chi connectivity index (χ0) is 10.4. The Hall–Kier alpha value is -0.870. The summed E-state index contributed by atoms with van der Waals surface area (Å²) in [7, 11) is 1.64. The van der Waals surface area contributed by atoms with Crippen LogP contribution in [0.1, 0.15) is 19.2 Å². The Balaban J connectivity index is 2.42. The van der Waals surface area contributed by atoms with Crippen LogP contribution in [-0.4, -0.2) is 34.5 Å². The van der Waals surface area contributed by atoms with Crippen molar-refractivity contribution in [3.8, 4) is 0 Å². The maximum absolute atomic E-state index is 9.64. The van der Waals surface area contributed by atoms with Crippen molar-refractivity contribution in [2.75, 3.05) is 13.7 Å². The van der Waals surface area contributed by atoms with E-state index < -0.39 is 0 Å². The van der Waals surface area contributed by atoms with Crippen LogP contribution in [0.25, 0.3) is 0 Å². The molecule has 0 aliphatic rings. The summed E-state index contributed by atoms with van der Waals surface area (Å²) in [4.78, 5) is 4.20. The highest BCUT2D eigenvalue weighted by Crippen LogP contribution is 2.04. The van der Waals surface area contributed by atoms with Crippen LogP contribution in [0.3, 0.4) is 0 Å². The molecule has 0 fully saturated rings. The summed E-state index contributed by atoms with van der Waals surface area (Å²) in [6.07, 6.45) is 4.60. The fraction of sp³-hybridized carbons (Fsp3) is 0.700. The van der Waals surface area contributed by atoms with Gasteiger partial charge in [0.25, 0.3) is 0 Å². The maximum Gasteiger partial charge on any atom is 0.111 e. The van der Waals surface area contributed by atoms with Crippen molar-refractivity contribution in [1.29, 1.82) is 0 Å². The standard InChI is InChI=1S/C10H18N2O2/c1-3-12-6-5-11-10(12)8-9(13)4-7-14-2/h5-6,9,13H,3-4,7-8H2,1-2H3. The lowest BCUT2D eigenvalue weighted by atomic mass is 10.2. The average Bonchev–Trinajstić information content (AvgIpc) is 2.62. The van der Waals surface area contributed by atoms with E-state index in [2.05, 4.69) is 11.9 Å². The van der Waals surface area contributed by atoms with Crippen molar-refractivity contribution >= 4 is 0 Å². The van der Waals surface area contributed by atoms with Gasteiger partial charge in [0.05, 0.1) is 6.10 Å². The number of ether oxygens (including phenoxy) is 1. The van der Waals surface area contributed by atoms with E-state index in [9.17, 15) is 5.11 Å². The molecular formula is C10H18N2O2. The number of aromatic nitrogens is 2. The van der Waals surface area contributed by atoms with E-state index in [1.807, 2.05) is 10.8 Å². The summed E-state index contributed by atoms with van der Waals surface area (Å²) in [5.41, 5.74) is 0. The molecule has 80 valence electrons. The quantitative estimate of drug-likeness (QED) is 0.737. The molecule has 14 heavy (non-hydrogen) atoms. The first-order chi connectivity index (χ1) is 6.77. The third kappa shape index (κ3) is 3.12. The Morgan fingerprint density at radius 1 is 1.64 bits per heavy atom. The van der Waals surface area contributed by atoms with Gasteiger partial charge in [0.1, 0.15) is 5.82 Å². The highest BCUT2D eigenvalue weighted by molar-refractivity contribution is 4.93. The molecule has 0 aliphatic heterocycles. The fourth-order valence-electron chi connectivity index (χ4n) is 1.38. The molecule has 1 N–H and O–H groups in total. The number of aliphatic hydroxyl groups is 1. The van der Waals surface area contributed by atoms with Gasteiger partial charge in [-0.3, -0.25) is 0 Å². The van der Waals surface area contributed by atoms with Gasteiger partial charge in [0.15, 0.2) is 0 Å². The first-order valence-electron chi connectivity index (χ1n) is 4.95. The van der Waals surface area contributed by atoms with Crippen LogP contribution in [-0.2, 0) is 17.7 Å². The Morgan fingerprint density at radius 3 is 3.07 bits per heavy atom. The van der Waals surface area contributed by atoms with Crippen molar-refractivity contribution in [1.82, 2.24) is 9.55 Å². The van der Waals surface area contributed by atoms with Crippen LogP contribution in [0.2, 0.25) is 0 Å². The highest BCUT2D eigenvalue weighted by Gasteiger charge is 2.09. The molecular weight excluding hydrogens is 180 g/mol. The minimum atomic E-state index is -0.359. The lowest BCUT2D eigenvalue weighted by Crippen LogP contribution is -2.16. The molecule has 0 aliphatic carbocycles. The van der Waals surface area contributed by atoms with Crippen LogP contribution >= 0.6 is 0 Å². The number of methoxy groups -OCH3 is 1. The van der Waals surface area contributed by atoms with Crippen LogP contribution in [0.4, 0.5) is 0 Å². The van der Waals surface area contributed by atoms with Gasteiger partial charge in [-0.15, -0.1) is 0 Å². The minimum absolute atomic E-state index is 0.359. The predicted octanol–water partition coefficient (Wildman–Crippen LogP) is 0.843. The molecule has 1 aromatic rings. The number of rotatable bonds is 6. The largest absolute Gasteiger partial charge is 0.393 e. The van der Waals surface area contributed by atoms with E-state index in [0.29, 0.717) is 19.4 Å². The molecule has 1 rings (SSSR count). The number of hydrogen-bond donors (Lipinski definition) is 1. The van der Waals surface area contributed by atoms with Crippen LogP contribution in [0, 0.1) is 0 Å². The Morgan fingerprint density at radius 2 is 2.43 bits per heavy atom. The van der Waals surface area contributed by atoms with Gasteiger partial charge in [0.2, 0.25) is 0 Å². The molecule has 0 saturated carbocycles. The van der Waals surface area contributed by atoms with E-state index in [-0.39, 0.29) is 6.10 Å². The Labute approximate surface area is 84.5 Å². The van der Waals surface area contributed by atoms with Gasteiger partial charge in [-0.05, 0) is 13.3 Å². The molecule has 4 nitrogen and oxygen atoms in total. The smallest absolute Gasteiger partial charge is 0.111 e. The Bertz CT molecular complexity index is 260. The van der Waals surface area contributed by atoms with Crippen molar-refractivity contribution in [2.45, 2.75) is 32.4 Å². The van der Waals surface area contributed by atoms with Crippen LogP contribution in [0.15, 0.2) is 12.4 Å². The van der Waals surface area contributed by atoms with Gasteiger partial charge in [-0.2, -0.15) is 0 Å². The van der Waals surface area contributed by atoms with Gasteiger partial charge in [-0.25, -0.2) is 4.98 Å². The molecule has 1 unspecified atom stereocenters. The third-order valence-corrected chi connectivity index (χ3v) is 2.22. The Kier molecular flexibility index (Phi) is 4.62. The number of nitrogens with zero attached hydrogens (tertiary/aromatic N) is 2. The second kappa shape index (κ2) is 5.78. The van der Waals surface area contributed by atoms with Crippen molar-refractivity contribution in [3.05, 3.63) is 18.2 Å². The van der Waals surface area contributed by atoms with E-state index >= 15 is 0 Å². The number of imidazole rings is 1. The molecule has 1 heterocycles. The molecule has 4 heteroatoms. The van der Waals surface area contributed by atoms with Gasteiger partial charge in [0, 0.05) is 39.1 Å². The fourth-order valence-corrected chi connectivity index (χ4v) is 1.38. The zero-order valence-corrected chi connectivity index (χ0v) is 8.81. The summed E-state index contributed by atoms with van der Waals surface area (Å²) in [5.74, 6) is 0.941. The van der Waals surface area contributed by atoms with Crippen molar-refractivity contribution < 1.29 is 9.84 Å². The van der Waals surface area contributed by atoms with Gasteiger partial charge < -0.3 is 14.4 Å². The number of hydrogen-bond acceptors (Lipinski definition) is 3. The minimum Gasteiger partial charge on any atom is -0.393 e. The summed E-state index contributed by atoms with van der Waals surface area (Å²) in [6, 6.07) is 0. The van der Waals surface area contributed by atoms with Crippen LogP contribution < -0.4 is 0 Å². The first-order valence-corrected chi connectivity index (χ1v) is 4.95. The van der Waals surface area contributed by atoms with E-state index in [0.717, 1.165) is 12.4 Å². The molecule has 0 radical (unpaired) electrons. The first kappa shape index (κ1) is 11.2. The number of aliphatic hydroxyl groups excluding tert-OH is 1. The lowest BCUT2D eigenvalue weighted by molar-refractivity contribution is 0.108. The third-order valence-electron chi connectivity index (χ3n) is 2.22. The molecule has 0 bridgehead atoms. The van der Waals surface area contributed by atoms with Crippen molar-refractivity contribution in [3.63, 3.8) is 0 Å². The summed E-state index contributed by atoms with van der Waals surface area (Å²) in [5, 5.41) is 9.64. The SMILES string of the molecule is CCn1ccnc1CC(O)CCOC. The monoisotopic (exact) mass is 198 g/mol. The highest BCUT2D eigenvalue weighted by atomic mass is 16.5. The topological polar surface area (TPSA) is 47.3 Å². The zero-order valence-electron chi connectivity index (χ0n) is 8.81. The average molecular weight is 198 g/mol. The maximum atomic E-state index is 9.64. The molecule has 1 atom stereocenters. The molecule has 0 amide bonds. The van der Waals surface area contributed by atoms with Gasteiger partial charge in [-0.1, -0.05) is 0 Å². The second-order valence-corrected chi connectivity index (χ2v) is 3.27. The molecule has 1 aromatic heterocycles. The second-order valence-electron chi connectivity index (χ2n) is 3.27. The van der Waals surface area contributed by atoms with E-state index in [1.54, 1.807) is 13.3 Å². The predicted molar refractivity (Wildman–Crippen MR) is 54.1 cm³/mol. The van der Waals surface area contributed by atoms with Crippen molar-refractivity contribution in [2.24, 2.45) is 0 Å². The summed E-state index contributed by atoms with van der Waals surface area (Å²) < 4.78 is 6.94. The van der Waals surface area contributed by atoms with Crippen LogP contribution in [0.5, 0.6) is 0 Å². The summed E-state index contributed by atoms with van der Waals surface area (Å²) in [6.45, 7) is 3.55. The summed E-state index contributed by atoms with van der Waals surface area (Å²) >= 11 is 0. The molecule has 0 spiro atoms. The molecule has 0 aromatic carbocycles. The lowest BCUT2D eigenvalue weighted by Gasteiger charge is -2.10. The molecule has 0 saturated heterocycles. The number of aryl methyl sites for hydroxylation is 1.